The molecule has 13 heavy (non-hydrogen) atoms. The zero-order valence-corrected chi connectivity index (χ0v) is 7.66. The maximum Gasteiger partial charge on any atom is 0.373 e. The van der Waals surface area contributed by atoms with Gasteiger partial charge in [0, 0.05) is 0 Å². The summed E-state index contributed by atoms with van der Waals surface area (Å²) in [6, 6.07) is 5.44. The molecule has 0 fully saturated rings. The van der Waals surface area contributed by atoms with Crippen molar-refractivity contribution in [2.24, 2.45) is 0 Å². The fourth-order valence-electron chi connectivity index (χ4n) is 1.19. The third kappa shape index (κ3) is 2.56. The fraction of sp³-hybridized carbons (Fsp3) is 0.200. The number of benzene rings is 1. The molecular weight excluding hydrogens is 168 g/mol. The fourth-order valence-corrected chi connectivity index (χ4v) is 1.19. The van der Waals surface area contributed by atoms with E-state index in [2.05, 4.69) is 16.9 Å². The predicted molar refractivity (Wildman–Crippen MR) is 47.8 cm³/mol. The van der Waals surface area contributed by atoms with Crippen molar-refractivity contribution in [1.82, 2.24) is 0 Å². The predicted octanol–water partition coefficient (Wildman–Crippen LogP) is 2.18. The Balaban J connectivity index is 2.94. The average molecular weight is 179 g/mol. The van der Waals surface area contributed by atoms with Crippen molar-refractivity contribution < 1.29 is 14.6 Å². The molecule has 1 rings (SSSR count). The highest BCUT2D eigenvalue weighted by atomic mass is 17.2. The summed E-state index contributed by atoms with van der Waals surface area (Å²) in [6.07, 6.45) is 0. The summed E-state index contributed by atoms with van der Waals surface area (Å²) in [4.78, 5) is 19.5. The van der Waals surface area contributed by atoms with Crippen LogP contribution in [0.4, 0.5) is 0 Å². The molecule has 1 radical (unpaired) electrons. The van der Waals surface area contributed by atoms with E-state index in [9.17, 15) is 4.79 Å². The van der Waals surface area contributed by atoms with Crippen LogP contribution in [0.3, 0.4) is 0 Å². The van der Waals surface area contributed by atoms with Gasteiger partial charge in [-0.1, -0.05) is 17.2 Å². The highest BCUT2D eigenvalue weighted by Crippen LogP contribution is 2.09. The molecule has 0 saturated carbocycles. The van der Waals surface area contributed by atoms with Crippen molar-refractivity contribution in [2.45, 2.75) is 13.8 Å². The Morgan fingerprint density at radius 1 is 1.23 bits per heavy atom. The minimum Gasteiger partial charge on any atom is -0.293 e. The van der Waals surface area contributed by atoms with Gasteiger partial charge in [0.25, 0.3) is 0 Å². The largest absolute Gasteiger partial charge is 0.373 e. The van der Waals surface area contributed by atoms with E-state index in [4.69, 9.17) is 0 Å². The highest BCUT2D eigenvalue weighted by Gasteiger charge is 2.07. The number of carbonyl (C=O) groups excluding carboxylic acids is 1. The Morgan fingerprint density at radius 3 is 2.23 bits per heavy atom. The Bertz CT molecular complexity index is 298. The Morgan fingerprint density at radius 2 is 1.77 bits per heavy atom. The van der Waals surface area contributed by atoms with E-state index in [-0.39, 0.29) is 0 Å². The van der Waals surface area contributed by atoms with E-state index in [1.807, 2.05) is 19.9 Å². The van der Waals surface area contributed by atoms with E-state index in [0.29, 0.717) is 5.56 Å². The molecule has 0 aliphatic rings. The average Bonchev–Trinajstić information content (AvgIpc) is 2.03. The Labute approximate surface area is 77.2 Å². The van der Waals surface area contributed by atoms with Gasteiger partial charge in [-0.05, 0) is 26.0 Å². The second-order valence-electron chi connectivity index (χ2n) is 2.87. The molecule has 1 aromatic rings. The lowest BCUT2D eigenvalue weighted by Gasteiger charge is -2.02. The second-order valence-corrected chi connectivity index (χ2v) is 2.87. The molecule has 0 bridgehead atoms. The molecule has 69 valence electrons. The lowest BCUT2D eigenvalue weighted by atomic mass is 10.1. The lowest BCUT2D eigenvalue weighted by Crippen LogP contribution is -2.03. The smallest absolute Gasteiger partial charge is 0.293 e. The van der Waals surface area contributed by atoms with Crippen LogP contribution in [0.2, 0.25) is 0 Å². The van der Waals surface area contributed by atoms with Crippen LogP contribution in [0.15, 0.2) is 18.2 Å². The first-order chi connectivity index (χ1) is 6.13. The van der Waals surface area contributed by atoms with Crippen LogP contribution in [0, 0.1) is 21.0 Å². The number of hydrogen-bond donors (Lipinski definition) is 0. The van der Waals surface area contributed by atoms with Gasteiger partial charge in [0.2, 0.25) is 0 Å². The van der Waals surface area contributed by atoms with Crippen LogP contribution in [0.1, 0.15) is 21.5 Å². The lowest BCUT2D eigenvalue weighted by molar-refractivity contribution is -0.195. The molecule has 0 unspecified atom stereocenters. The minimum atomic E-state index is -0.526. The van der Waals surface area contributed by atoms with Crippen LogP contribution in [0.5, 0.6) is 0 Å². The standard InChI is InChI=1S/C10H11O3/c1-7-4-8(2)6-9(5-7)10(11)13-12-3/h4-6H,3H2,1-2H3. The van der Waals surface area contributed by atoms with E-state index in [1.54, 1.807) is 12.1 Å². The maximum atomic E-state index is 11.2. The molecule has 0 N–H and O–H groups in total. The van der Waals surface area contributed by atoms with Gasteiger partial charge in [-0.25, -0.2) is 4.79 Å². The van der Waals surface area contributed by atoms with Crippen molar-refractivity contribution in [1.29, 1.82) is 0 Å². The molecule has 0 aliphatic heterocycles. The molecule has 1 aromatic carbocycles. The third-order valence-electron chi connectivity index (χ3n) is 1.59. The van der Waals surface area contributed by atoms with Gasteiger partial charge in [0.1, 0.15) is 7.11 Å². The van der Waals surface area contributed by atoms with Gasteiger partial charge >= 0.3 is 5.97 Å². The van der Waals surface area contributed by atoms with Gasteiger partial charge in [0.15, 0.2) is 0 Å². The Hall–Kier alpha value is -1.35. The van der Waals surface area contributed by atoms with Crippen molar-refractivity contribution in [3.05, 3.63) is 42.0 Å². The van der Waals surface area contributed by atoms with Crippen LogP contribution in [-0.4, -0.2) is 5.97 Å². The highest BCUT2D eigenvalue weighted by molar-refractivity contribution is 5.89. The Kier molecular flexibility index (Phi) is 3.03. The third-order valence-corrected chi connectivity index (χ3v) is 1.59. The van der Waals surface area contributed by atoms with Gasteiger partial charge in [-0.2, -0.15) is 4.89 Å². The zero-order valence-electron chi connectivity index (χ0n) is 7.66. The van der Waals surface area contributed by atoms with E-state index in [0.717, 1.165) is 11.1 Å². The van der Waals surface area contributed by atoms with Crippen molar-refractivity contribution in [3.8, 4) is 0 Å². The molecule has 0 amide bonds. The monoisotopic (exact) mass is 179 g/mol. The number of hydrogen-bond acceptors (Lipinski definition) is 3. The molecule has 0 heterocycles. The SMILES string of the molecule is [CH2]OOC(=O)c1cc(C)cc(C)c1. The zero-order chi connectivity index (χ0) is 9.84. The summed E-state index contributed by atoms with van der Waals surface area (Å²) in [5.41, 5.74) is 2.49. The summed E-state index contributed by atoms with van der Waals surface area (Å²) < 4.78 is 0. The van der Waals surface area contributed by atoms with Crippen LogP contribution in [-0.2, 0) is 9.78 Å². The first-order valence-electron chi connectivity index (χ1n) is 3.85. The minimum absolute atomic E-state index is 0.473. The topological polar surface area (TPSA) is 35.5 Å². The number of aryl methyl sites for hydroxylation is 2. The molecule has 0 saturated heterocycles. The van der Waals surface area contributed by atoms with Gasteiger partial charge < -0.3 is 0 Å². The first kappa shape index (κ1) is 9.74. The summed E-state index contributed by atoms with van der Waals surface area (Å²) in [5, 5.41) is 0. The van der Waals surface area contributed by atoms with Crippen molar-refractivity contribution >= 4 is 5.97 Å². The molecule has 3 nitrogen and oxygen atoms in total. The number of carbonyl (C=O) groups is 1. The van der Waals surface area contributed by atoms with Gasteiger partial charge in [-0.3, -0.25) is 4.89 Å². The summed E-state index contributed by atoms with van der Waals surface area (Å²) in [5.74, 6) is -0.526. The molecule has 0 aliphatic carbocycles. The second kappa shape index (κ2) is 4.05. The van der Waals surface area contributed by atoms with E-state index < -0.39 is 5.97 Å². The quantitative estimate of drug-likeness (QED) is 0.515. The molecule has 3 heteroatoms. The molecular formula is C10H11O3. The maximum absolute atomic E-state index is 11.2. The molecule has 0 atom stereocenters. The normalized spacial score (nSPS) is 9.77. The molecule has 0 spiro atoms. The van der Waals surface area contributed by atoms with Gasteiger partial charge in [-0.15, -0.1) is 0 Å². The van der Waals surface area contributed by atoms with E-state index >= 15 is 0 Å². The number of rotatable bonds is 2. The summed E-state index contributed by atoms with van der Waals surface area (Å²) >= 11 is 0. The van der Waals surface area contributed by atoms with Gasteiger partial charge in [0.05, 0.1) is 5.56 Å². The van der Waals surface area contributed by atoms with Crippen molar-refractivity contribution in [3.63, 3.8) is 0 Å². The van der Waals surface area contributed by atoms with E-state index in [1.165, 1.54) is 0 Å². The first-order valence-corrected chi connectivity index (χ1v) is 3.85. The van der Waals surface area contributed by atoms with Crippen molar-refractivity contribution in [2.75, 3.05) is 0 Å². The van der Waals surface area contributed by atoms with Crippen LogP contribution >= 0.6 is 0 Å². The van der Waals surface area contributed by atoms with Crippen LogP contribution in [0.25, 0.3) is 0 Å². The van der Waals surface area contributed by atoms with Crippen LogP contribution < -0.4 is 0 Å². The summed E-state index contributed by atoms with van der Waals surface area (Å²) in [6.45, 7) is 3.82. The summed E-state index contributed by atoms with van der Waals surface area (Å²) in [7, 11) is 2.95. The molecule has 0 aromatic heterocycles.